The molecular weight excluding hydrogens is 308 g/mol. The zero-order valence-corrected chi connectivity index (χ0v) is 13.7. The highest BCUT2D eigenvalue weighted by Gasteiger charge is 2.07. The van der Waals surface area contributed by atoms with Gasteiger partial charge in [0.1, 0.15) is 13.2 Å². The van der Waals surface area contributed by atoms with Crippen LogP contribution in [0, 0.1) is 0 Å². The molecule has 0 N–H and O–H groups in total. The van der Waals surface area contributed by atoms with E-state index in [0.29, 0.717) is 52.9 Å². The summed E-state index contributed by atoms with van der Waals surface area (Å²) in [6, 6.07) is 14.2. The van der Waals surface area contributed by atoms with Crippen molar-refractivity contribution >= 4 is 0 Å². The third kappa shape index (κ3) is 5.03. The van der Waals surface area contributed by atoms with Gasteiger partial charge in [-0.1, -0.05) is 11.6 Å². The molecule has 5 heteroatoms. The van der Waals surface area contributed by atoms with Crippen LogP contribution in [0.3, 0.4) is 0 Å². The van der Waals surface area contributed by atoms with E-state index < -0.39 is 0 Å². The van der Waals surface area contributed by atoms with Crippen molar-refractivity contribution in [3.8, 4) is 22.6 Å². The van der Waals surface area contributed by atoms with Crippen molar-refractivity contribution in [3.63, 3.8) is 0 Å². The molecule has 0 saturated heterocycles. The Morgan fingerprint density at radius 1 is 0.625 bits per heavy atom. The van der Waals surface area contributed by atoms with Crippen LogP contribution in [-0.4, -0.2) is 52.9 Å². The second kappa shape index (κ2) is 9.37. The Hall–Kier alpha value is -1.95. The average Bonchev–Trinajstić information content (AvgIpc) is 3.13. The maximum atomic E-state index is 5.87. The van der Waals surface area contributed by atoms with Gasteiger partial charge in [0.2, 0.25) is 0 Å². The van der Waals surface area contributed by atoms with Crippen molar-refractivity contribution in [2.75, 3.05) is 52.9 Å². The van der Waals surface area contributed by atoms with Crippen LogP contribution in [0.15, 0.2) is 42.5 Å². The summed E-state index contributed by atoms with van der Waals surface area (Å²) in [4.78, 5) is 0. The summed E-state index contributed by atoms with van der Waals surface area (Å²) in [5.41, 5.74) is 2.26. The van der Waals surface area contributed by atoms with Gasteiger partial charge in [-0.25, -0.2) is 6.07 Å². The van der Waals surface area contributed by atoms with Gasteiger partial charge in [-0.15, -0.1) is 0 Å². The molecule has 1 aliphatic heterocycles. The highest BCUT2D eigenvalue weighted by molar-refractivity contribution is 5.67. The molecule has 3 rings (SSSR count). The smallest absolute Gasteiger partial charge is 0.161 e. The maximum Gasteiger partial charge on any atom is 0.161 e. The highest BCUT2D eigenvalue weighted by Crippen LogP contribution is 2.33. The molecule has 1 aliphatic rings. The number of benzene rings is 1. The fourth-order valence-electron chi connectivity index (χ4n) is 2.45. The first kappa shape index (κ1) is 16.9. The minimum absolute atomic E-state index is 0.470. The number of fused-ring (bicyclic) bond motifs is 1. The standard InChI is InChI=1S/C19H23O5/c1-2-4-16(3-1)17-5-6-18-19(15-17)24-14-12-22-10-8-20-7-9-21-11-13-23-18/h1-6,15H,7-14H2/q-1. The van der Waals surface area contributed by atoms with E-state index in [4.69, 9.17) is 23.7 Å². The summed E-state index contributed by atoms with van der Waals surface area (Å²) in [7, 11) is 0. The largest absolute Gasteiger partial charge is 0.487 e. The van der Waals surface area contributed by atoms with Gasteiger partial charge < -0.3 is 23.7 Å². The van der Waals surface area contributed by atoms with E-state index in [1.807, 2.05) is 30.3 Å². The Bertz CT molecular complexity index is 594. The van der Waals surface area contributed by atoms with Gasteiger partial charge in [-0.3, -0.25) is 0 Å². The molecule has 0 aromatic heterocycles. The molecule has 130 valence electrons. The highest BCUT2D eigenvalue weighted by atomic mass is 16.6. The Morgan fingerprint density at radius 3 is 1.88 bits per heavy atom. The van der Waals surface area contributed by atoms with Crippen molar-refractivity contribution in [2.45, 2.75) is 0 Å². The van der Waals surface area contributed by atoms with Crippen LogP contribution in [0.25, 0.3) is 11.1 Å². The van der Waals surface area contributed by atoms with Crippen molar-refractivity contribution in [1.82, 2.24) is 0 Å². The average molecular weight is 331 g/mol. The number of hydrogen-bond donors (Lipinski definition) is 0. The first-order chi connectivity index (χ1) is 11.9. The lowest BCUT2D eigenvalue weighted by molar-refractivity contribution is 0.00708. The normalized spacial score (nSPS) is 17.7. The fraction of sp³-hybridized carbons (Fsp3) is 0.421. The predicted molar refractivity (Wildman–Crippen MR) is 90.9 cm³/mol. The van der Waals surface area contributed by atoms with Crippen molar-refractivity contribution in [1.29, 1.82) is 0 Å². The maximum absolute atomic E-state index is 5.87. The van der Waals surface area contributed by atoms with Gasteiger partial charge in [0.15, 0.2) is 11.5 Å². The monoisotopic (exact) mass is 331 g/mol. The second-order valence-electron chi connectivity index (χ2n) is 5.37. The molecule has 0 radical (unpaired) electrons. The van der Waals surface area contributed by atoms with Gasteiger partial charge in [0, 0.05) is 0 Å². The molecule has 0 atom stereocenters. The second-order valence-corrected chi connectivity index (χ2v) is 5.37. The SMILES string of the molecule is c1cc(-c2ccc3c(c2)OCCOCCOCCOCCO3)c[cH-]1. The minimum atomic E-state index is 0.470. The van der Waals surface area contributed by atoms with E-state index in [1.165, 1.54) is 0 Å². The molecule has 24 heavy (non-hydrogen) atoms. The molecule has 0 saturated carbocycles. The molecule has 0 bridgehead atoms. The topological polar surface area (TPSA) is 46.2 Å². The lowest BCUT2D eigenvalue weighted by atomic mass is 10.1. The molecular formula is C19H23O5-. The summed E-state index contributed by atoms with van der Waals surface area (Å²) in [5, 5.41) is 0. The van der Waals surface area contributed by atoms with Gasteiger partial charge in [-0.05, 0) is 12.1 Å². The Kier molecular flexibility index (Phi) is 6.60. The first-order valence-corrected chi connectivity index (χ1v) is 8.28. The van der Waals surface area contributed by atoms with Gasteiger partial charge >= 0.3 is 0 Å². The van der Waals surface area contributed by atoms with Crippen LogP contribution in [0.4, 0.5) is 0 Å². The number of rotatable bonds is 1. The molecule has 0 fully saturated rings. The Morgan fingerprint density at radius 2 is 1.25 bits per heavy atom. The van der Waals surface area contributed by atoms with E-state index in [2.05, 4.69) is 12.1 Å². The molecule has 2 aromatic carbocycles. The lowest BCUT2D eigenvalue weighted by Gasteiger charge is -2.15. The van der Waals surface area contributed by atoms with Crippen molar-refractivity contribution in [2.24, 2.45) is 0 Å². The van der Waals surface area contributed by atoms with Gasteiger partial charge in [0.25, 0.3) is 0 Å². The van der Waals surface area contributed by atoms with Crippen LogP contribution in [0.2, 0.25) is 0 Å². The van der Waals surface area contributed by atoms with Gasteiger partial charge in [-0.2, -0.15) is 23.8 Å². The molecule has 1 heterocycles. The van der Waals surface area contributed by atoms with E-state index >= 15 is 0 Å². The lowest BCUT2D eigenvalue weighted by Crippen LogP contribution is -2.13. The van der Waals surface area contributed by atoms with Crippen LogP contribution >= 0.6 is 0 Å². The molecule has 0 spiro atoms. The third-order valence-corrected chi connectivity index (χ3v) is 3.65. The predicted octanol–water partition coefficient (Wildman–Crippen LogP) is 2.89. The zero-order valence-electron chi connectivity index (χ0n) is 13.7. The molecule has 0 unspecified atom stereocenters. The summed E-state index contributed by atoms with van der Waals surface area (Å²) < 4.78 is 28.0. The van der Waals surface area contributed by atoms with Crippen molar-refractivity contribution in [3.05, 3.63) is 42.5 Å². The molecule has 5 nitrogen and oxygen atoms in total. The van der Waals surface area contributed by atoms with E-state index in [-0.39, 0.29) is 0 Å². The quantitative estimate of drug-likeness (QED) is 0.752. The van der Waals surface area contributed by atoms with Crippen LogP contribution in [0.1, 0.15) is 0 Å². The van der Waals surface area contributed by atoms with Gasteiger partial charge in [0.05, 0.1) is 39.6 Å². The zero-order chi connectivity index (χ0) is 16.5. The Labute approximate surface area is 142 Å². The molecule has 0 aliphatic carbocycles. The fourth-order valence-corrected chi connectivity index (χ4v) is 2.45. The van der Waals surface area contributed by atoms with E-state index in [9.17, 15) is 0 Å². The van der Waals surface area contributed by atoms with Crippen LogP contribution < -0.4 is 9.47 Å². The summed E-state index contributed by atoms with van der Waals surface area (Å²) in [5.74, 6) is 1.45. The summed E-state index contributed by atoms with van der Waals surface area (Å²) in [6.07, 6.45) is 0. The Balaban J connectivity index is 1.70. The summed E-state index contributed by atoms with van der Waals surface area (Å²) >= 11 is 0. The third-order valence-electron chi connectivity index (χ3n) is 3.65. The summed E-state index contributed by atoms with van der Waals surface area (Å²) in [6.45, 7) is 4.23. The molecule has 2 aromatic rings. The van der Waals surface area contributed by atoms with E-state index in [0.717, 1.165) is 22.6 Å². The minimum Gasteiger partial charge on any atom is -0.487 e. The van der Waals surface area contributed by atoms with Crippen LogP contribution in [0.5, 0.6) is 11.5 Å². The van der Waals surface area contributed by atoms with Crippen LogP contribution in [-0.2, 0) is 14.2 Å². The number of hydrogen-bond acceptors (Lipinski definition) is 5. The van der Waals surface area contributed by atoms with E-state index in [1.54, 1.807) is 0 Å². The van der Waals surface area contributed by atoms with Crippen molar-refractivity contribution < 1.29 is 23.7 Å². The molecule has 0 amide bonds. The number of ether oxygens (including phenoxy) is 5. The first-order valence-electron chi connectivity index (χ1n) is 8.28.